The molecular weight excluding hydrogens is 522 g/mol. The first kappa shape index (κ1) is 25.4. The van der Waals surface area contributed by atoms with Crippen LogP contribution in [0.2, 0.25) is 0 Å². The number of amides is 1. The molecule has 0 heterocycles. The first-order valence-electron chi connectivity index (χ1n) is 10.3. The lowest BCUT2D eigenvalue weighted by Crippen LogP contribution is -2.24. The van der Waals surface area contributed by atoms with E-state index in [1.54, 1.807) is 42.5 Å². The highest BCUT2D eigenvalue weighted by Crippen LogP contribution is 2.23. The summed E-state index contributed by atoms with van der Waals surface area (Å²) in [6.07, 6.45) is 1.33. The van der Waals surface area contributed by atoms with Crippen LogP contribution in [-0.4, -0.2) is 36.2 Å². The van der Waals surface area contributed by atoms with E-state index in [-0.39, 0.29) is 18.0 Å². The van der Waals surface area contributed by atoms with Gasteiger partial charge in [0.1, 0.15) is 17.2 Å². The van der Waals surface area contributed by atoms with Crippen LogP contribution in [0.25, 0.3) is 0 Å². The molecule has 11 heteroatoms. The molecule has 0 aliphatic heterocycles. The molecule has 0 saturated carbocycles. The van der Waals surface area contributed by atoms with Crippen molar-refractivity contribution in [3.8, 4) is 17.2 Å². The second-order valence-corrected chi connectivity index (χ2v) is 7.78. The monoisotopic (exact) mass is 541 g/mol. The highest BCUT2D eigenvalue weighted by molar-refractivity contribution is 9.10. The zero-order chi connectivity index (χ0) is 25.2. The predicted molar refractivity (Wildman–Crippen MR) is 131 cm³/mol. The third-order valence-electron chi connectivity index (χ3n) is 4.39. The van der Waals surface area contributed by atoms with Crippen LogP contribution in [0.15, 0.2) is 76.3 Å². The van der Waals surface area contributed by atoms with Gasteiger partial charge in [-0.3, -0.25) is 14.9 Å². The van der Waals surface area contributed by atoms with Crippen LogP contribution in [-0.2, 0) is 4.79 Å². The minimum atomic E-state index is -0.564. The Hall–Kier alpha value is -4.25. The van der Waals surface area contributed by atoms with Crippen LogP contribution in [0, 0.1) is 10.1 Å². The second-order valence-electron chi connectivity index (χ2n) is 6.86. The van der Waals surface area contributed by atoms with Crippen molar-refractivity contribution in [3.05, 3.63) is 92.4 Å². The molecule has 0 atom stereocenters. The van der Waals surface area contributed by atoms with Crippen molar-refractivity contribution in [2.45, 2.75) is 6.92 Å². The number of nitro benzene ring substituents is 1. The van der Waals surface area contributed by atoms with Crippen molar-refractivity contribution in [3.63, 3.8) is 0 Å². The van der Waals surface area contributed by atoms with Crippen LogP contribution >= 0.6 is 15.9 Å². The van der Waals surface area contributed by atoms with Gasteiger partial charge >= 0.3 is 5.97 Å². The molecule has 0 aliphatic carbocycles. The molecule has 3 aromatic rings. The number of non-ortho nitro benzene ring substituents is 1. The van der Waals surface area contributed by atoms with Crippen molar-refractivity contribution in [1.82, 2.24) is 5.43 Å². The van der Waals surface area contributed by atoms with Gasteiger partial charge in [0.2, 0.25) is 0 Å². The van der Waals surface area contributed by atoms with E-state index >= 15 is 0 Å². The van der Waals surface area contributed by atoms with E-state index in [9.17, 15) is 19.7 Å². The molecule has 0 unspecified atom stereocenters. The normalized spacial score (nSPS) is 10.6. The molecule has 0 saturated heterocycles. The van der Waals surface area contributed by atoms with Gasteiger partial charge in [-0.15, -0.1) is 0 Å². The summed E-state index contributed by atoms with van der Waals surface area (Å²) >= 11 is 3.35. The van der Waals surface area contributed by atoms with Crippen LogP contribution < -0.4 is 19.6 Å². The Morgan fingerprint density at radius 2 is 1.69 bits per heavy atom. The van der Waals surface area contributed by atoms with Gasteiger partial charge < -0.3 is 14.2 Å². The fraction of sp³-hybridized carbons (Fsp3) is 0.125. The van der Waals surface area contributed by atoms with Gasteiger partial charge in [0, 0.05) is 22.2 Å². The maximum absolute atomic E-state index is 12.5. The number of hydrogen-bond donors (Lipinski definition) is 1. The fourth-order valence-corrected chi connectivity index (χ4v) is 3.12. The molecule has 0 fully saturated rings. The van der Waals surface area contributed by atoms with Crippen LogP contribution in [0.5, 0.6) is 17.2 Å². The Balaban J connectivity index is 1.58. The molecule has 0 spiro atoms. The lowest BCUT2D eigenvalue weighted by atomic mass is 10.2. The molecule has 0 aromatic heterocycles. The van der Waals surface area contributed by atoms with E-state index in [1.165, 1.54) is 30.5 Å². The summed E-state index contributed by atoms with van der Waals surface area (Å²) in [5, 5.41) is 14.6. The number of nitrogens with one attached hydrogen (secondary N) is 1. The summed E-state index contributed by atoms with van der Waals surface area (Å²) in [5.41, 5.74) is 3.01. The largest absolute Gasteiger partial charge is 0.494 e. The van der Waals surface area contributed by atoms with Crippen LogP contribution in [0.3, 0.4) is 0 Å². The molecule has 180 valence electrons. The van der Waals surface area contributed by atoms with Crippen LogP contribution in [0.4, 0.5) is 5.69 Å². The quantitative estimate of drug-likeness (QED) is 0.131. The number of ether oxygens (including phenoxy) is 3. The van der Waals surface area contributed by atoms with E-state index in [0.29, 0.717) is 33.7 Å². The van der Waals surface area contributed by atoms with Gasteiger partial charge in [-0.2, -0.15) is 5.10 Å². The Morgan fingerprint density at radius 3 is 2.34 bits per heavy atom. The lowest BCUT2D eigenvalue weighted by molar-refractivity contribution is -0.384. The topological polar surface area (TPSA) is 129 Å². The maximum Gasteiger partial charge on any atom is 0.343 e. The van der Waals surface area contributed by atoms with Crippen molar-refractivity contribution in [2.75, 3.05) is 13.2 Å². The molecule has 0 bridgehead atoms. The number of hydrazone groups is 1. The van der Waals surface area contributed by atoms with Gasteiger partial charge in [-0.1, -0.05) is 15.9 Å². The summed E-state index contributed by atoms with van der Waals surface area (Å²) < 4.78 is 16.9. The maximum atomic E-state index is 12.5. The number of nitro groups is 1. The van der Waals surface area contributed by atoms with Gasteiger partial charge in [0.25, 0.3) is 11.6 Å². The number of esters is 1. The second kappa shape index (κ2) is 12.3. The zero-order valence-electron chi connectivity index (χ0n) is 18.5. The molecule has 10 nitrogen and oxygen atoms in total. The molecule has 35 heavy (non-hydrogen) atoms. The SMILES string of the molecule is CCOc1ccc(C(=O)Oc2ccc(Br)cc2C=NNC(=O)COc2ccc([N+](=O)[O-])cc2)cc1. The van der Waals surface area contributed by atoms with Crippen molar-refractivity contribution in [1.29, 1.82) is 0 Å². The summed E-state index contributed by atoms with van der Waals surface area (Å²) in [6, 6.07) is 16.9. The molecule has 1 amide bonds. The Kier molecular flexibility index (Phi) is 8.90. The summed E-state index contributed by atoms with van der Waals surface area (Å²) in [4.78, 5) is 34.7. The van der Waals surface area contributed by atoms with Gasteiger partial charge in [0.15, 0.2) is 6.61 Å². The zero-order valence-corrected chi connectivity index (χ0v) is 20.1. The predicted octanol–water partition coefficient (Wildman–Crippen LogP) is 4.50. The number of carbonyl (C=O) groups is 2. The number of nitrogens with zero attached hydrogens (tertiary/aromatic N) is 2. The van der Waals surface area contributed by atoms with E-state index in [2.05, 4.69) is 26.5 Å². The number of rotatable bonds is 10. The summed E-state index contributed by atoms with van der Waals surface area (Å²) in [7, 11) is 0. The average molecular weight is 542 g/mol. The van der Waals surface area contributed by atoms with Crippen molar-refractivity contribution < 1.29 is 28.7 Å². The smallest absolute Gasteiger partial charge is 0.343 e. The van der Waals surface area contributed by atoms with Crippen molar-refractivity contribution >= 4 is 39.7 Å². The third kappa shape index (κ3) is 7.64. The van der Waals surface area contributed by atoms with Crippen LogP contribution in [0.1, 0.15) is 22.8 Å². The molecule has 1 N–H and O–H groups in total. The number of hydrogen-bond acceptors (Lipinski definition) is 8. The first-order chi connectivity index (χ1) is 16.9. The first-order valence-corrected chi connectivity index (χ1v) is 11.1. The highest BCUT2D eigenvalue weighted by Gasteiger charge is 2.12. The average Bonchev–Trinajstić information content (AvgIpc) is 2.85. The van der Waals surface area contributed by atoms with E-state index in [0.717, 1.165) is 0 Å². The number of halogens is 1. The van der Waals surface area contributed by atoms with Gasteiger partial charge in [-0.25, -0.2) is 10.2 Å². The Bertz CT molecular complexity index is 1230. The fourth-order valence-electron chi connectivity index (χ4n) is 2.74. The number of carbonyl (C=O) groups excluding carboxylic acids is 2. The Morgan fingerprint density at radius 1 is 1.03 bits per heavy atom. The number of benzene rings is 3. The van der Waals surface area contributed by atoms with E-state index < -0.39 is 16.8 Å². The minimum Gasteiger partial charge on any atom is -0.494 e. The van der Waals surface area contributed by atoms with Gasteiger partial charge in [0.05, 0.1) is 23.3 Å². The molecule has 0 aliphatic rings. The van der Waals surface area contributed by atoms with E-state index in [4.69, 9.17) is 14.2 Å². The van der Waals surface area contributed by atoms with Crippen molar-refractivity contribution in [2.24, 2.45) is 5.10 Å². The summed E-state index contributed by atoms with van der Waals surface area (Å²) in [5.74, 6) is 0.0688. The standard InChI is InChI=1S/C24H20BrN3O7/c1-2-33-20-8-3-16(4-9-20)24(30)35-22-12-5-18(25)13-17(22)14-26-27-23(29)15-34-21-10-6-19(7-11-21)28(31)32/h3-14H,2,15H2,1H3,(H,27,29). The summed E-state index contributed by atoms with van der Waals surface area (Å²) in [6.45, 7) is 2.03. The van der Waals surface area contributed by atoms with Gasteiger partial charge in [-0.05, 0) is 61.5 Å². The Labute approximate surface area is 208 Å². The molecule has 3 aromatic carbocycles. The molecular formula is C24H20BrN3O7. The highest BCUT2D eigenvalue weighted by atomic mass is 79.9. The lowest BCUT2D eigenvalue weighted by Gasteiger charge is -2.09. The third-order valence-corrected chi connectivity index (χ3v) is 4.88. The minimum absolute atomic E-state index is 0.0838. The van der Waals surface area contributed by atoms with E-state index in [1.807, 2.05) is 6.92 Å². The molecule has 3 rings (SSSR count). The molecule has 0 radical (unpaired) electrons.